The van der Waals surface area contributed by atoms with E-state index in [9.17, 15) is 4.79 Å². The van der Waals surface area contributed by atoms with Gasteiger partial charge in [0.2, 0.25) is 6.79 Å². The van der Waals surface area contributed by atoms with Crippen molar-refractivity contribution in [3.63, 3.8) is 0 Å². The van der Waals surface area contributed by atoms with Crippen LogP contribution in [0, 0.1) is 0 Å². The zero-order valence-electron chi connectivity index (χ0n) is 15.7. The second-order valence-electron chi connectivity index (χ2n) is 6.64. The number of carbonyl (C=O) groups excluding carboxylic acids is 1. The molecule has 1 aliphatic rings. The molecule has 0 radical (unpaired) electrons. The lowest BCUT2D eigenvalue weighted by Gasteiger charge is -2.06. The highest BCUT2D eigenvalue weighted by Crippen LogP contribution is 2.44. The fourth-order valence-electron chi connectivity index (χ4n) is 3.52. The first-order chi connectivity index (χ1) is 14.3. The monoisotopic (exact) mass is 406 g/mol. The molecular weight excluding hydrogens is 388 g/mol. The van der Waals surface area contributed by atoms with Gasteiger partial charge in [-0.15, -0.1) is 11.3 Å². The molecule has 7 heteroatoms. The standard InChI is InChI=1S/C22H18N2O4S/c1-26-8-7-23-22(25)21-19(13-5-3-2-4-6-13)15-11-24-16-10-18-17(27-12-28-18)9-14(16)20(15)29-21/h2-6,9-11H,7-8,12H2,1H3,(H,23,25). The highest BCUT2D eigenvalue weighted by atomic mass is 32.1. The Morgan fingerprint density at radius 1 is 1.17 bits per heavy atom. The molecule has 2 aromatic heterocycles. The molecule has 4 aromatic rings. The molecule has 146 valence electrons. The molecule has 6 nitrogen and oxygen atoms in total. The number of thiophene rings is 1. The van der Waals surface area contributed by atoms with Crippen molar-refractivity contribution in [2.75, 3.05) is 27.1 Å². The number of hydrogen-bond acceptors (Lipinski definition) is 6. The molecule has 0 saturated heterocycles. The number of nitrogens with zero attached hydrogens (tertiary/aromatic N) is 1. The first kappa shape index (κ1) is 17.9. The van der Waals surface area contributed by atoms with E-state index in [2.05, 4.69) is 10.3 Å². The summed E-state index contributed by atoms with van der Waals surface area (Å²) in [5.74, 6) is 1.28. The summed E-state index contributed by atoms with van der Waals surface area (Å²) >= 11 is 1.47. The van der Waals surface area contributed by atoms with Crippen molar-refractivity contribution in [2.45, 2.75) is 0 Å². The summed E-state index contributed by atoms with van der Waals surface area (Å²) in [6.45, 7) is 1.13. The van der Waals surface area contributed by atoms with Gasteiger partial charge < -0.3 is 19.5 Å². The van der Waals surface area contributed by atoms with E-state index in [-0.39, 0.29) is 12.7 Å². The molecule has 1 N–H and O–H groups in total. The third-order valence-corrected chi connectivity index (χ3v) is 6.11. The van der Waals surface area contributed by atoms with E-state index in [1.54, 1.807) is 7.11 Å². The van der Waals surface area contributed by atoms with E-state index < -0.39 is 0 Å². The average molecular weight is 406 g/mol. The highest BCUT2D eigenvalue weighted by Gasteiger charge is 2.23. The normalized spacial score (nSPS) is 12.6. The Bertz CT molecular complexity index is 1220. The maximum Gasteiger partial charge on any atom is 0.262 e. The molecule has 1 aliphatic heterocycles. The van der Waals surface area contributed by atoms with Crippen LogP contribution < -0.4 is 14.8 Å². The van der Waals surface area contributed by atoms with Crippen LogP contribution >= 0.6 is 11.3 Å². The summed E-state index contributed by atoms with van der Waals surface area (Å²) in [4.78, 5) is 18.3. The summed E-state index contributed by atoms with van der Waals surface area (Å²) in [5, 5.41) is 4.84. The maximum atomic E-state index is 13.0. The van der Waals surface area contributed by atoms with Gasteiger partial charge in [-0.25, -0.2) is 0 Å². The van der Waals surface area contributed by atoms with Crippen molar-refractivity contribution < 1.29 is 19.0 Å². The van der Waals surface area contributed by atoms with Crippen molar-refractivity contribution in [3.05, 3.63) is 53.5 Å². The number of nitrogens with one attached hydrogen (secondary N) is 1. The van der Waals surface area contributed by atoms with E-state index in [0.29, 0.717) is 29.5 Å². The van der Waals surface area contributed by atoms with Crippen molar-refractivity contribution in [2.24, 2.45) is 0 Å². The van der Waals surface area contributed by atoms with Crippen LogP contribution in [0.5, 0.6) is 11.5 Å². The van der Waals surface area contributed by atoms with E-state index in [1.807, 2.05) is 48.7 Å². The lowest BCUT2D eigenvalue weighted by atomic mass is 10.0. The molecule has 2 aromatic carbocycles. The van der Waals surface area contributed by atoms with Crippen LogP contribution in [0.2, 0.25) is 0 Å². The van der Waals surface area contributed by atoms with Gasteiger partial charge in [0.15, 0.2) is 11.5 Å². The van der Waals surface area contributed by atoms with Crippen LogP contribution in [0.15, 0.2) is 48.7 Å². The number of rotatable bonds is 5. The Labute approximate surface area is 171 Å². The van der Waals surface area contributed by atoms with Gasteiger partial charge in [0, 0.05) is 47.0 Å². The number of aromatic nitrogens is 1. The van der Waals surface area contributed by atoms with Crippen LogP contribution in [0.3, 0.4) is 0 Å². The van der Waals surface area contributed by atoms with Crippen molar-refractivity contribution in [1.29, 1.82) is 0 Å². The quantitative estimate of drug-likeness (QED) is 0.503. The first-order valence-electron chi connectivity index (χ1n) is 9.23. The minimum absolute atomic E-state index is 0.115. The summed E-state index contributed by atoms with van der Waals surface area (Å²) in [6.07, 6.45) is 1.84. The lowest BCUT2D eigenvalue weighted by molar-refractivity contribution is 0.0942. The number of pyridine rings is 1. The van der Waals surface area contributed by atoms with Crippen molar-refractivity contribution in [3.8, 4) is 22.6 Å². The van der Waals surface area contributed by atoms with Crippen LogP contribution in [0.1, 0.15) is 9.67 Å². The number of hydrogen-bond donors (Lipinski definition) is 1. The predicted octanol–water partition coefficient (Wildman–Crippen LogP) is 4.22. The third kappa shape index (κ3) is 3.08. The summed E-state index contributed by atoms with van der Waals surface area (Å²) in [5.41, 5.74) is 2.69. The molecule has 0 aliphatic carbocycles. The van der Waals surface area contributed by atoms with Gasteiger partial charge in [0.1, 0.15) is 4.88 Å². The summed E-state index contributed by atoms with van der Waals surface area (Å²) < 4.78 is 17.1. The summed E-state index contributed by atoms with van der Waals surface area (Å²) in [6, 6.07) is 13.8. The lowest BCUT2D eigenvalue weighted by Crippen LogP contribution is -2.26. The van der Waals surface area contributed by atoms with Gasteiger partial charge in [0.05, 0.1) is 12.1 Å². The number of ether oxygens (including phenoxy) is 3. The van der Waals surface area contributed by atoms with Gasteiger partial charge in [0.25, 0.3) is 5.91 Å². The molecular formula is C22H18N2O4S. The molecule has 0 spiro atoms. The molecule has 0 unspecified atom stereocenters. The van der Waals surface area contributed by atoms with E-state index in [4.69, 9.17) is 14.2 Å². The first-order valence-corrected chi connectivity index (χ1v) is 10.1. The molecule has 0 bridgehead atoms. The molecule has 0 saturated carbocycles. The van der Waals surface area contributed by atoms with Gasteiger partial charge >= 0.3 is 0 Å². The van der Waals surface area contributed by atoms with E-state index in [1.165, 1.54) is 11.3 Å². The summed E-state index contributed by atoms with van der Waals surface area (Å²) in [7, 11) is 1.61. The van der Waals surface area contributed by atoms with Gasteiger partial charge in [-0.3, -0.25) is 9.78 Å². The highest BCUT2D eigenvalue weighted by molar-refractivity contribution is 7.22. The van der Waals surface area contributed by atoms with E-state index in [0.717, 1.165) is 32.1 Å². The Balaban J connectivity index is 1.73. The maximum absolute atomic E-state index is 13.0. The molecule has 5 rings (SSSR count). The largest absolute Gasteiger partial charge is 0.454 e. The topological polar surface area (TPSA) is 69.7 Å². The Kier molecular flexibility index (Phi) is 4.54. The zero-order valence-corrected chi connectivity index (χ0v) is 16.5. The minimum atomic E-state index is -0.115. The average Bonchev–Trinajstić information content (AvgIpc) is 3.37. The van der Waals surface area contributed by atoms with Crippen LogP contribution in [0.4, 0.5) is 0 Å². The smallest absolute Gasteiger partial charge is 0.262 e. The number of methoxy groups -OCH3 is 1. The Morgan fingerprint density at radius 3 is 2.76 bits per heavy atom. The molecule has 0 fully saturated rings. The Morgan fingerprint density at radius 2 is 1.97 bits per heavy atom. The molecule has 29 heavy (non-hydrogen) atoms. The van der Waals surface area contributed by atoms with Gasteiger partial charge in [-0.05, 0) is 11.6 Å². The number of fused-ring (bicyclic) bond motifs is 4. The van der Waals surface area contributed by atoms with Crippen LogP contribution in [-0.4, -0.2) is 37.9 Å². The van der Waals surface area contributed by atoms with Crippen molar-refractivity contribution >= 4 is 38.2 Å². The molecule has 0 atom stereocenters. The van der Waals surface area contributed by atoms with Crippen molar-refractivity contribution in [1.82, 2.24) is 10.3 Å². The minimum Gasteiger partial charge on any atom is -0.454 e. The zero-order chi connectivity index (χ0) is 19.8. The SMILES string of the molecule is COCCNC(=O)c1sc2c(cnc3cc4c(cc32)OCO4)c1-c1ccccc1. The number of benzene rings is 2. The predicted molar refractivity (Wildman–Crippen MR) is 113 cm³/mol. The Hall–Kier alpha value is -3.16. The second-order valence-corrected chi connectivity index (χ2v) is 7.67. The fourth-order valence-corrected chi connectivity index (χ4v) is 4.76. The number of amides is 1. The fraction of sp³-hybridized carbons (Fsp3) is 0.182. The van der Waals surface area contributed by atoms with Gasteiger partial charge in [-0.1, -0.05) is 30.3 Å². The third-order valence-electron chi connectivity index (χ3n) is 4.87. The van der Waals surface area contributed by atoms with Crippen LogP contribution in [-0.2, 0) is 4.74 Å². The number of carbonyl (C=O) groups is 1. The van der Waals surface area contributed by atoms with E-state index >= 15 is 0 Å². The molecule has 1 amide bonds. The van der Waals surface area contributed by atoms with Crippen LogP contribution in [0.25, 0.3) is 32.1 Å². The second kappa shape index (κ2) is 7.35. The molecule has 3 heterocycles. The van der Waals surface area contributed by atoms with Gasteiger partial charge in [-0.2, -0.15) is 0 Å².